The molecule has 0 spiro atoms. The first kappa shape index (κ1) is 15.4. The fourth-order valence-electron chi connectivity index (χ4n) is 3.98. The Kier molecular flexibility index (Phi) is 4.11. The van der Waals surface area contributed by atoms with E-state index in [1.807, 2.05) is 0 Å². The van der Waals surface area contributed by atoms with Gasteiger partial charge in [-0.25, -0.2) is 4.98 Å². The molecule has 0 saturated carbocycles. The Hall–Kier alpha value is -2.13. The van der Waals surface area contributed by atoms with Gasteiger partial charge in [0.25, 0.3) is 0 Å². The van der Waals surface area contributed by atoms with Gasteiger partial charge in [-0.1, -0.05) is 37.3 Å². The van der Waals surface area contributed by atoms with Crippen LogP contribution in [0.25, 0.3) is 16.8 Å². The lowest BCUT2D eigenvalue weighted by Gasteiger charge is -2.28. The van der Waals surface area contributed by atoms with Crippen molar-refractivity contribution in [3.05, 3.63) is 60.0 Å². The lowest BCUT2D eigenvalue weighted by Crippen LogP contribution is -2.31. The number of aromatic nitrogens is 2. The third-order valence-corrected chi connectivity index (χ3v) is 5.22. The zero-order chi connectivity index (χ0) is 16.5. The minimum Gasteiger partial charge on any atom is -0.306 e. The molecule has 3 nitrogen and oxygen atoms in total. The number of piperidine rings is 1. The van der Waals surface area contributed by atoms with Crippen molar-refractivity contribution in [2.75, 3.05) is 20.1 Å². The Morgan fingerprint density at radius 2 is 1.96 bits per heavy atom. The third kappa shape index (κ3) is 2.63. The second-order valence-electron chi connectivity index (χ2n) is 6.89. The van der Waals surface area contributed by atoms with E-state index in [4.69, 9.17) is 4.98 Å². The summed E-state index contributed by atoms with van der Waals surface area (Å²) in [6.45, 7) is 4.52. The summed E-state index contributed by atoms with van der Waals surface area (Å²) < 4.78 is 2.31. The fraction of sp³-hybridized carbons (Fsp3) is 0.381. The van der Waals surface area contributed by atoms with Crippen LogP contribution in [0.1, 0.15) is 37.1 Å². The minimum absolute atomic E-state index is 0.515. The van der Waals surface area contributed by atoms with Crippen molar-refractivity contribution in [3.63, 3.8) is 0 Å². The SMILES string of the molecule is CCc1ccccc1-c1nc(C2CCCN(C)C2)n2ccccc12. The summed E-state index contributed by atoms with van der Waals surface area (Å²) >= 11 is 0. The van der Waals surface area contributed by atoms with Gasteiger partial charge in [0.15, 0.2) is 0 Å². The minimum atomic E-state index is 0.515. The Morgan fingerprint density at radius 1 is 1.12 bits per heavy atom. The zero-order valence-corrected chi connectivity index (χ0v) is 14.6. The van der Waals surface area contributed by atoms with Crippen molar-refractivity contribution in [2.24, 2.45) is 0 Å². The highest BCUT2D eigenvalue weighted by molar-refractivity contribution is 5.79. The van der Waals surface area contributed by atoms with Crippen molar-refractivity contribution in [3.8, 4) is 11.3 Å². The zero-order valence-electron chi connectivity index (χ0n) is 14.6. The van der Waals surface area contributed by atoms with Gasteiger partial charge in [0.1, 0.15) is 5.82 Å². The summed E-state index contributed by atoms with van der Waals surface area (Å²) in [7, 11) is 2.22. The van der Waals surface area contributed by atoms with Crippen LogP contribution in [-0.2, 0) is 6.42 Å². The quantitative estimate of drug-likeness (QED) is 0.714. The van der Waals surface area contributed by atoms with E-state index in [0.29, 0.717) is 5.92 Å². The van der Waals surface area contributed by atoms with Crippen molar-refractivity contribution < 1.29 is 0 Å². The molecular formula is C21H25N3. The first-order valence-corrected chi connectivity index (χ1v) is 9.01. The number of pyridine rings is 1. The first-order chi connectivity index (χ1) is 11.8. The van der Waals surface area contributed by atoms with Crippen LogP contribution < -0.4 is 0 Å². The van der Waals surface area contributed by atoms with Gasteiger partial charge in [0.05, 0.1) is 11.2 Å². The van der Waals surface area contributed by atoms with Crippen molar-refractivity contribution >= 4 is 5.52 Å². The van der Waals surface area contributed by atoms with Gasteiger partial charge in [0, 0.05) is 24.2 Å². The first-order valence-electron chi connectivity index (χ1n) is 9.01. The largest absolute Gasteiger partial charge is 0.306 e. The lowest BCUT2D eigenvalue weighted by atomic mass is 9.97. The van der Waals surface area contributed by atoms with E-state index in [-0.39, 0.29) is 0 Å². The Morgan fingerprint density at radius 3 is 2.79 bits per heavy atom. The van der Waals surface area contributed by atoms with E-state index >= 15 is 0 Å². The average Bonchev–Trinajstić information content (AvgIpc) is 3.01. The van der Waals surface area contributed by atoms with Gasteiger partial charge in [0.2, 0.25) is 0 Å². The second-order valence-corrected chi connectivity index (χ2v) is 6.89. The van der Waals surface area contributed by atoms with Crippen molar-refractivity contribution in [1.29, 1.82) is 0 Å². The van der Waals surface area contributed by atoms with Crippen LogP contribution in [0.2, 0.25) is 0 Å². The van der Waals surface area contributed by atoms with E-state index in [0.717, 1.165) is 18.7 Å². The smallest absolute Gasteiger partial charge is 0.118 e. The molecule has 1 atom stereocenters. The standard InChI is InChI=1S/C21H25N3/c1-3-16-9-4-5-11-18(16)20-19-12-6-7-14-24(19)21(22-20)17-10-8-13-23(2)15-17/h4-7,9,11-12,14,17H,3,8,10,13,15H2,1-2H3. The number of rotatable bonds is 3. The summed E-state index contributed by atoms with van der Waals surface area (Å²) in [5.74, 6) is 1.74. The van der Waals surface area contributed by atoms with Crippen molar-refractivity contribution in [2.45, 2.75) is 32.1 Å². The van der Waals surface area contributed by atoms with Gasteiger partial charge in [-0.2, -0.15) is 0 Å². The topological polar surface area (TPSA) is 20.5 Å². The van der Waals surface area contributed by atoms with Crippen LogP contribution in [0.15, 0.2) is 48.7 Å². The number of likely N-dealkylation sites (tertiary alicyclic amines) is 1. The molecule has 2 aromatic heterocycles. The normalized spacial score (nSPS) is 19.0. The summed E-state index contributed by atoms with van der Waals surface area (Å²) in [6.07, 6.45) is 5.69. The molecule has 1 fully saturated rings. The maximum atomic E-state index is 5.16. The van der Waals surface area contributed by atoms with E-state index in [9.17, 15) is 0 Å². The number of hydrogen-bond acceptors (Lipinski definition) is 2. The molecule has 1 aliphatic heterocycles. The Bertz CT molecular complexity index is 849. The third-order valence-electron chi connectivity index (χ3n) is 5.22. The molecule has 3 aromatic rings. The summed E-state index contributed by atoms with van der Waals surface area (Å²) in [4.78, 5) is 7.59. The maximum Gasteiger partial charge on any atom is 0.118 e. The molecule has 124 valence electrons. The van der Waals surface area contributed by atoms with Crippen LogP contribution in [0.4, 0.5) is 0 Å². The molecule has 0 aliphatic carbocycles. The number of nitrogens with zero attached hydrogens (tertiary/aromatic N) is 3. The summed E-state index contributed by atoms with van der Waals surface area (Å²) in [5, 5.41) is 0. The summed E-state index contributed by atoms with van der Waals surface area (Å²) in [6, 6.07) is 15.1. The highest BCUT2D eigenvalue weighted by Gasteiger charge is 2.25. The fourth-order valence-corrected chi connectivity index (χ4v) is 3.98. The Labute approximate surface area is 143 Å². The molecule has 3 heterocycles. The monoisotopic (exact) mass is 319 g/mol. The predicted octanol–water partition coefficient (Wildman–Crippen LogP) is 4.37. The van der Waals surface area contributed by atoms with E-state index in [1.54, 1.807) is 0 Å². The predicted molar refractivity (Wildman–Crippen MR) is 99.5 cm³/mol. The number of imidazole rings is 1. The molecule has 4 rings (SSSR count). The van der Waals surface area contributed by atoms with Crippen LogP contribution in [0.5, 0.6) is 0 Å². The van der Waals surface area contributed by atoms with Crippen LogP contribution in [0.3, 0.4) is 0 Å². The molecule has 1 aliphatic rings. The highest BCUT2D eigenvalue weighted by atomic mass is 15.1. The van der Waals surface area contributed by atoms with Gasteiger partial charge >= 0.3 is 0 Å². The van der Waals surface area contributed by atoms with Gasteiger partial charge in [-0.3, -0.25) is 0 Å². The number of likely N-dealkylation sites (N-methyl/N-ethyl adjacent to an activating group) is 1. The van der Waals surface area contributed by atoms with Gasteiger partial charge in [-0.15, -0.1) is 0 Å². The second kappa shape index (κ2) is 6.40. The molecular weight excluding hydrogens is 294 g/mol. The van der Waals surface area contributed by atoms with Crippen molar-refractivity contribution in [1.82, 2.24) is 14.3 Å². The number of fused-ring (bicyclic) bond motifs is 1. The molecule has 0 bridgehead atoms. The Balaban J connectivity index is 1.88. The van der Waals surface area contributed by atoms with Crippen LogP contribution in [0, 0.1) is 0 Å². The molecule has 3 heteroatoms. The van der Waals surface area contributed by atoms with Crippen LogP contribution in [-0.4, -0.2) is 34.4 Å². The summed E-state index contributed by atoms with van der Waals surface area (Å²) in [5.41, 5.74) is 5.01. The molecule has 24 heavy (non-hydrogen) atoms. The highest BCUT2D eigenvalue weighted by Crippen LogP contribution is 2.33. The number of hydrogen-bond donors (Lipinski definition) is 0. The lowest BCUT2D eigenvalue weighted by molar-refractivity contribution is 0.245. The molecule has 1 aromatic carbocycles. The van der Waals surface area contributed by atoms with Gasteiger partial charge < -0.3 is 9.30 Å². The molecule has 1 unspecified atom stereocenters. The van der Waals surface area contributed by atoms with E-state index in [2.05, 4.69) is 71.9 Å². The molecule has 0 radical (unpaired) electrons. The maximum absolute atomic E-state index is 5.16. The number of aryl methyl sites for hydroxylation is 1. The molecule has 0 amide bonds. The van der Waals surface area contributed by atoms with Crippen LogP contribution >= 0.6 is 0 Å². The van der Waals surface area contributed by atoms with Gasteiger partial charge in [-0.05, 0) is 50.6 Å². The molecule has 0 N–H and O–H groups in total. The number of benzene rings is 1. The van der Waals surface area contributed by atoms with E-state index < -0.39 is 0 Å². The average molecular weight is 319 g/mol. The van der Waals surface area contributed by atoms with E-state index in [1.165, 1.54) is 41.9 Å². The molecule has 1 saturated heterocycles.